The first-order valence-corrected chi connectivity index (χ1v) is 7.24. The zero-order chi connectivity index (χ0) is 14.5. The summed E-state index contributed by atoms with van der Waals surface area (Å²) in [7, 11) is 0. The van der Waals surface area contributed by atoms with Gasteiger partial charge in [0.15, 0.2) is 0 Å². The Labute approximate surface area is 117 Å². The second-order valence-corrected chi connectivity index (χ2v) is 4.67. The van der Waals surface area contributed by atoms with Crippen molar-refractivity contribution in [1.82, 2.24) is 4.98 Å². The van der Waals surface area contributed by atoms with Crippen LogP contribution in [0.15, 0.2) is 18.3 Å². The number of ketones is 1. The third-order valence-electron chi connectivity index (χ3n) is 2.50. The first kappa shape index (κ1) is 17.8. The molecular formula is C16H27NO2. The monoisotopic (exact) mass is 265 g/mol. The molecule has 0 atom stereocenters. The van der Waals surface area contributed by atoms with E-state index >= 15 is 0 Å². The molecule has 3 heteroatoms. The topological polar surface area (TPSA) is 50.2 Å². The predicted octanol–water partition coefficient (Wildman–Crippen LogP) is 3.68. The largest absolute Gasteiger partial charge is 0.390 e. The molecule has 19 heavy (non-hydrogen) atoms. The van der Waals surface area contributed by atoms with Gasteiger partial charge in [-0.1, -0.05) is 33.3 Å². The summed E-state index contributed by atoms with van der Waals surface area (Å²) in [4.78, 5) is 15.4. The summed E-state index contributed by atoms with van der Waals surface area (Å²) in [5.74, 6) is 0.349. The molecule has 1 heterocycles. The Kier molecular flexibility index (Phi) is 11.1. The number of carbonyl (C=O) groups is 1. The molecule has 0 bridgehead atoms. The van der Waals surface area contributed by atoms with Gasteiger partial charge in [0.05, 0.1) is 12.3 Å². The molecule has 3 nitrogen and oxygen atoms in total. The van der Waals surface area contributed by atoms with Crippen LogP contribution in [0, 0.1) is 0 Å². The quantitative estimate of drug-likeness (QED) is 0.818. The Bertz CT molecular complexity index is 333. The van der Waals surface area contributed by atoms with Gasteiger partial charge in [0.2, 0.25) is 0 Å². The molecule has 0 saturated heterocycles. The lowest BCUT2D eigenvalue weighted by molar-refractivity contribution is -0.119. The Morgan fingerprint density at radius 3 is 2.37 bits per heavy atom. The lowest BCUT2D eigenvalue weighted by Gasteiger charge is -2.01. The average Bonchev–Trinajstić information content (AvgIpc) is 2.41. The van der Waals surface area contributed by atoms with E-state index in [2.05, 4.69) is 18.8 Å². The number of nitrogens with zero attached hydrogens (tertiary/aromatic N) is 1. The maximum Gasteiger partial charge on any atom is 0.132 e. The SMILES string of the molecule is CCC.CCCC(=O)CCCc1ccc(CO)nc1. The molecule has 1 N–H and O–H groups in total. The Morgan fingerprint density at radius 1 is 1.21 bits per heavy atom. The summed E-state index contributed by atoms with van der Waals surface area (Å²) in [5.41, 5.74) is 1.81. The first-order chi connectivity index (χ1) is 9.17. The van der Waals surface area contributed by atoms with E-state index in [1.165, 1.54) is 6.42 Å². The predicted molar refractivity (Wildman–Crippen MR) is 79.0 cm³/mol. The molecule has 1 aromatic heterocycles. The van der Waals surface area contributed by atoms with Crippen molar-refractivity contribution in [2.45, 2.75) is 65.9 Å². The highest BCUT2D eigenvalue weighted by Gasteiger charge is 2.01. The molecular weight excluding hydrogens is 238 g/mol. The minimum absolute atomic E-state index is 0.0186. The summed E-state index contributed by atoms with van der Waals surface area (Å²) in [6.07, 6.45) is 7.09. The molecule has 0 aliphatic heterocycles. The Morgan fingerprint density at radius 2 is 1.89 bits per heavy atom. The number of aliphatic hydroxyl groups excluding tert-OH is 1. The van der Waals surface area contributed by atoms with E-state index in [-0.39, 0.29) is 6.61 Å². The summed E-state index contributed by atoms with van der Waals surface area (Å²) >= 11 is 0. The lowest BCUT2D eigenvalue weighted by atomic mass is 10.1. The van der Waals surface area contributed by atoms with Gasteiger partial charge >= 0.3 is 0 Å². The summed E-state index contributed by atoms with van der Waals surface area (Å²) in [5, 5.41) is 8.83. The summed E-state index contributed by atoms with van der Waals surface area (Å²) < 4.78 is 0. The van der Waals surface area contributed by atoms with E-state index < -0.39 is 0 Å². The normalized spacial score (nSPS) is 9.68. The van der Waals surface area contributed by atoms with E-state index in [1.807, 2.05) is 19.1 Å². The fraction of sp³-hybridized carbons (Fsp3) is 0.625. The van der Waals surface area contributed by atoms with Gasteiger partial charge in [0.1, 0.15) is 5.78 Å². The van der Waals surface area contributed by atoms with Crippen LogP contribution in [-0.2, 0) is 17.8 Å². The lowest BCUT2D eigenvalue weighted by Crippen LogP contribution is -1.98. The number of carbonyl (C=O) groups excluding carboxylic acids is 1. The number of hydrogen-bond donors (Lipinski definition) is 1. The molecule has 108 valence electrons. The molecule has 0 amide bonds. The zero-order valence-electron chi connectivity index (χ0n) is 12.5. The highest BCUT2D eigenvalue weighted by atomic mass is 16.3. The standard InChI is InChI=1S/C13H19NO2.C3H8/c1-2-4-13(16)6-3-5-11-7-8-12(10-15)14-9-11;1-3-2/h7-9,15H,2-6,10H2,1H3;3H2,1-2H3. The fourth-order valence-electron chi connectivity index (χ4n) is 1.59. The smallest absolute Gasteiger partial charge is 0.132 e. The van der Waals surface area contributed by atoms with Gasteiger partial charge < -0.3 is 5.11 Å². The number of hydrogen-bond acceptors (Lipinski definition) is 3. The highest BCUT2D eigenvalue weighted by molar-refractivity contribution is 5.78. The molecule has 1 rings (SSSR count). The van der Waals surface area contributed by atoms with Gasteiger partial charge in [-0.05, 0) is 30.9 Å². The number of aliphatic hydroxyl groups is 1. The van der Waals surface area contributed by atoms with Crippen molar-refractivity contribution in [3.63, 3.8) is 0 Å². The second kappa shape index (κ2) is 11.8. The molecule has 0 spiro atoms. The number of pyridine rings is 1. The van der Waals surface area contributed by atoms with Gasteiger partial charge in [-0.15, -0.1) is 0 Å². The third kappa shape index (κ3) is 9.37. The molecule has 0 aliphatic rings. The molecule has 0 aromatic carbocycles. The minimum atomic E-state index is -0.0186. The number of aryl methyl sites for hydroxylation is 1. The molecule has 0 radical (unpaired) electrons. The van der Waals surface area contributed by atoms with E-state index in [9.17, 15) is 4.79 Å². The maximum atomic E-state index is 11.3. The number of aromatic nitrogens is 1. The molecule has 0 unspecified atom stereocenters. The van der Waals surface area contributed by atoms with Crippen molar-refractivity contribution in [3.05, 3.63) is 29.6 Å². The molecule has 0 saturated carbocycles. The van der Waals surface area contributed by atoms with Crippen molar-refractivity contribution in [1.29, 1.82) is 0 Å². The van der Waals surface area contributed by atoms with Crippen LogP contribution < -0.4 is 0 Å². The van der Waals surface area contributed by atoms with Gasteiger partial charge in [0, 0.05) is 19.0 Å². The van der Waals surface area contributed by atoms with Gasteiger partial charge in [-0.2, -0.15) is 0 Å². The fourth-order valence-corrected chi connectivity index (χ4v) is 1.59. The van der Waals surface area contributed by atoms with Crippen LogP contribution in [0.3, 0.4) is 0 Å². The van der Waals surface area contributed by atoms with Crippen molar-refractivity contribution < 1.29 is 9.90 Å². The molecule has 1 aromatic rings. The zero-order valence-corrected chi connectivity index (χ0v) is 12.5. The van der Waals surface area contributed by atoms with Crippen molar-refractivity contribution in [2.75, 3.05) is 0 Å². The van der Waals surface area contributed by atoms with Gasteiger partial charge in [0.25, 0.3) is 0 Å². The van der Waals surface area contributed by atoms with E-state index in [0.717, 1.165) is 24.8 Å². The molecule has 0 fully saturated rings. The Hall–Kier alpha value is -1.22. The van der Waals surface area contributed by atoms with E-state index in [4.69, 9.17) is 5.11 Å². The van der Waals surface area contributed by atoms with Crippen molar-refractivity contribution >= 4 is 5.78 Å². The van der Waals surface area contributed by atoms with Crippen LogP contribution in [-0.4, -0.2) is 15.9 Å². The van der Waals surface area contributed by atoms with Gasteiger partial charge in [-0.25, -0.2) is 0 Å². The minimum Gasteiger partial charge on any atom is -0.390 e. The van der Waals surface area contributed by atoms with Gasteiger partial charge in [-0.3, -0.25) is 9.78 Å². The van der Waals surface area contributed by atoms with Crippen LogP contribution in [0.4, 0.5) is 0 Å². The summed E-state index contributed by atoms with van der Waals surface area (Å²) in [6.45, 7) is 6.25. The van der Waals surface area contributed by atoms with Crippen molar-refractivity contribution in [3.8, 4) is 0 Å². The number of rotatable bonds is 7. The Balaban J connectivity index is 0.000000982. The highest BCUT2D eigenvalue weighted by Crippen LogP contribution is 2.07. The first-order valence-electron chi connectivity index (χ1n) is 7.24. The van der Waals surface area contributed by atoms with Crippen LogP contribution in [0.1, 0.15) is 64.1 Å². The van der Waals surface area contributed by atoms with Crippen LogP contribution in [0.5, 0.6) is 0 Å². The van der Waals surface area contributed by atoms with Crippen LogP contribution >= 0.6 is 0 Å². The van der Waals surface area contributed by atoms with Crippen LogP contribution in [0.25, 0.3) is 0 Å². The second-order valence-electron chi connectivity index (χ2n) is 4.67. The summed E-state index contributed by atoms with van der Waals surface area (Å²) in [6, 6.07) is 3.78. The molecule has 0 aliphatic carbocycles. The van der Waals surface area contributed by atoms with E-state index in [0.29, 0.717) is 24.3 Å². The van der Waals surface area contributed by atoms with E-state index in [1.54, 1.807) is 6.20 Å². The number of Topliss-reactive ketones (excluding diaryl/α,β-unsaturated/α-hetero) is 1. The maximum absolute atomic E-state index is 11.3. The van der Waals surface area contributed by atoms with Crippen LogP contribution in [0.2, 0.25) is 0 Å². The van der Waals surface area contributed by atoms with Crippen molar-refractivity contribution in [2.24, 2.45) is 0 Å². The third-order valence-corrected chi connectivity index (χ3v) is 2.50. The average molecular weight is 265 g/mol.